The van der Waals surface area contributed by atoms with E-state index in [0.29, 0.717) is 47.8 Å². The van der Waals surface area contributed by atoms with Gasteiger partial charge in [-0.15, -0.1) is 0 Å². The third-order valence-electron chi connectivity index (χ3n) is 5.74. The molecule has 1 aromatic heterocycles. The molecule has 1 amide bonds. The van der Waals surface area contributed by atoms with Crippen LogP contribution >= 0.6 is 0 Å². The molecular formula is C22H31N3O5. The van der Waals surface area contributed by atoms with Gasteiger partial charge in [0.15, 0.2) is 11.5 Å². The smallest absolute Gasteiger partial charge is 0.328 e. The number of aromatic amines is 1. The number of carbonyl (C=O) groups is 1. The standard InChI is InChI=1S/C22H31N3O5/c1-29-18-13-16-17(14-19(18)30-2)24-22(28)25(21(16)27)12-8-4-7-11-20(26)23-15-9-5-3-6-10-15/h13-15H,3-12H2,1-2H3,(H,23,26)(H,24,28). The molecule has 1 saturated carbocycles. The molecule has 164 valence electrons. The predicted octanol–water partition coefficient (Wildman–Crippen LogP) is 2.72. The lowest BCUT2D eigenvalue weighted by Crippen LogP contribution is -2.36. The van der Waals surface area contributed by atoms with Crippen LogP contribution in [-0.2, 0) is 11.3 Å². The Morgan fingerprint density at radius 1 is 1.07 bits per heavy atom. The molecule has 0 bridgehead atoms. The highest BCUT2D eigenvalue weighted by Gasteiger charge is 2.15. The number of H-pyrrole nitrogens is 1. The minimum Gasteiger partial charge on any atom is -0.493 e. The molecule has 30 heavy (non-hydrogen) atoms. The maximum Gasteiger partial charge on any atom is 0.328 e. The van der Waals surface area contributed by atoms with Crippen molar-refractivity contribution >= 4 is 16.8 Å². The van der Waals surface area contributed by atoms with Gasteiger partial charge in [-0.05, 0) is 31.7 Å². The number of rotatable bonds is 9. The van der Waals surface area contributed by atoms with E-state index in [0.717, 1.165) is 25.7 Å². The Hall–Kier alpha value is -2.77. The first kappa shape index (κ1) is 21.9. The first-order valence-electron chi connectivity index (χ1n) is 10.7. The molecule has 8 heteroatoms. The Kier molecular flexibility index (Phi) is 7.54. The second-order valence-electron chi connectivity index (χ2n) is 7.85. The zero-order chi connectivity index (χ0) is 21.5. The van der Waals surface area contributed by atoms with E-state index in [4.69, 9.17) is 9.47 Å². The fourth-order valence-corrected chi connectivity index (χ4v) is 4.06. The van der Waals surface area contributed by atoms with Gasteiger partial charge in [-0.1, -0.05) is 25.7 Å². The second-order valence-corrected chi connectivity index (χ2v) is 7.85. The van der Waals surface area contributed by atoms with Crippen LogP contribution in [0.2, 0.25) is 0 Å². The Morgan fingerprint density at radius 2 is 1.77 bits per heavy atom. The summed E-state index contributed by atoms with van der Waals surface area (Å²) in [4.78, 5) is 40.0. The minimum absolute atomic E-state index is 0.101. The van der Waals surface area contributed by atoms with E-state index in [1.807, 2.05) is 0 Å². The first-order chi connectivity index (χ1) is 14.5. The van der Waals surface area contributed by atoms with Crippen molar-refractivity contribution in [2.75, 3.05) is 14.2 Å². The summed E-state index contributed by atoms with van der Waals surface area (Å²) in [6.45, 7) is 0.308. The number of hydrogen-bond acceptors (Lipinski definition) is 5. The highest BCUT2D eigenvalue weighted by atomic mass is 16.5. The number of carbonyl (C=O) groups excluding carboxylic acids is 1. The van der Waals surface area contributed by atoms with Crippen LogP contribution in [0.5, 0.6) is 11.5 Å². The Bertz CT molecular complexity index is 989. The van der Waals surface area contributed by atoms with E-state index in [-0.39, 0.29) is 11.5 Å². The average molecular weight is 418 g/mol. The molecule has 0 atom stereocenters. The van der Waals surface area contributed by atoms with E-state index in [2.05, 4.69) is 10.3 Å². The van der Waals surface area contributed by atoms with Gasteiger partial charge in [0.2, 0.25) is 5.91 Å². The van der Waals surface area contributed by atoms with E-state index in [1.54, 1.807) is 12.1 Å². The van der Waals surface area contributed by atoms with Crippen LogP contribution in [0.3, 0.4) is 0 Å². The molecule has 1 aromatic carbocycles. The monoisotopic (exact) mass is 417 g/mol. The lowest BCUT2D eigenvalue weighted by molar-refractivity contribution is -0.122. The van der Waals surface area contributed by atoms with Gasteiger partial charge in [-0.3, -0.25) is 14.2 Å². The average Bonchev–Trinajstić information content (AvgIpc) is 2.75. The van der Waals surface area contributed by atoms with Crippen molar-refractivity contribution in [2.45, 2.75) is 70.4 Å². The van der Waals surface area contributed by atoms with Crippen molar-refractivity contribution in [2.24, 2.45) is 0 Å². The highest BCUT2D eigenvalue weighted by molar-refractivity contribution is 5.81. The number of aromatic nitrogens is 2. The molecule has 1 heterocycles. The van der Waals surface area contributed by atoms with Crippen molar-refractivity contribution in [1.29, 1.82) is 0 Å². The maximum absolute atomic E-state index is 12.8. The van der Waals surface area contributed by atoms with Crippen LogP contribution in [0.25, 0.3) is 10.9 Å². The molecule has 8 nitrogen and oxygen atoms in total. The van der Waals surface area contributed by atoms with Crippen LogP contribution in [0, 0.1) is 0 Å². The number of hydrogen-bond donors (Lipinski definition) is 2. The van der Waals surface area contributed by atoms with E-state index >= 15 is 0 Å². The summed E-state index contributed by atoms with van der Waals surface area (Å²) in [5, 5.41) is 3.49. The van der Waals surface area contributed by atoms with Gasteiger partial charge in [-0.25, -0.2) is 4.79 Å². The van der Waals surface area contributed by atoms with Crippen molar-refractivity contribution < 1.29 is 14.3 Å². The first-order valence-corrected chi connectivity index (χ1v) is 10.7. The molecule has 0 radical (unpaired) electrons. The summed E-state index contributed by atoms with van der Waals surface area (Å²) in [5.74, 6) is 0.984. The fraction of sp³-hybridized carbons (Fsp3) is 0.591. The third kappa shape index (κ3) is 5.23. The Morgan fingerprint density at radius 3 is 2.47 bits per heavy atom. The number of methoxy groups -OCH3 is 2. The number of unbranched alkanes of at least 4 members (excludes halogenated alkanes) is 2. The van der Waals surface area contributed by atoms with Gasteiger partial charge in [-0.2, -0.15) is 0 Å². The number of fused-ring (bicyclic) bond motifs is 1. The lowest BCUT2D eigenvalue weighted by atomic mass is 9.95. The topological polar surface area (TPSA) is 102 Å². The van der Waals surface area contributed by atoms with Crippen LogP contribution in [0.1, 0.15) is 57.8 Å². The van der Waals surface area contributed by atoms with E-state index in [1.165, 1.54) is 38.0 Å². The van der Waals surface area contributed by atoms with Gasteiger partial charge >= 0.3 is 5.69 Å². The van der Waals surface area contributed by atoms with Crippen molar-refractivity contribution in [3.8, 4) is 11.5 Å². The van der Waals surface area contributed by atoms with Crippen molar-refractivity contribution in [1.82, 2.24) is 14.9 Å². The number of nitrogens with one attached hydrogen (secondary N) is 2. The van der Waals surface area contributed by atoms with Gasteiger partial charge in [0.25, 0.3) is 5.56 Å². The summed E-state index contributed by atoms with van der Waals surface area (Å²) in [7, 11) is 3.00. The summed E-state index contributed by atoms with van der Waals surface area (Å²) in [5.41, 5.74) is -0.391. The summed E-state index contributed by atoms with van der Waals surface area (Å²) in [6.07, 6.45) is 8.45. The zero-order valence-electron chi connectivity index (χ0n) is 17.8. The molecule has 2 N–H and O–H groups in total. The summed E-state index contributed by atoms with van der Waals surface area (Å²) < 4.78 is 11.7. The lowest BCUT2D eigenvalue weighted by Gasteiger charge is -2.22. The SMILES string of the molecule is COc1cc2[nH]c(=O)n(CCCCCC(=O)NC3CCCCC3)c(=O)c2cc1OC. The summed E-state index contributed by atoms with van der Waals surface area (Å²) in [6, 6.07) is 3.50. The largest absolute Gasteiger partial charge is 0.493 e. The molecule has 0 saturated heterocycles. The molecular weight excluding hydrogens is 386 g/mol. The normalized spacial score (nSPS) is 14.6. The second kappa shape index (κ2) is 10.3. The molecule has 0 unspecified atom stereocenters. The molecule has 3 rings (SSSR count). The highest BCUT2D eigenvalue weighted by Crippen LogP contribution is 2.29. The van der Waals surface area contributed by atoms with Crippen molar-refractivity contribution in [3.05, 3.63) is 33.0 Å². The number of benzene rings is 1. The maximum atomic E-state index is 12.8. The van der Waals surface area contributed by atoms with Gasteiger partial charge in [0, 0.05) is 25.1 Å². The van der Waals surface area contributed by atoms with Gasteiger partial charge in [0.05, 0.1) is 25.1 Å². The Balaban J connectivity index is 1.56. The predicted molar refractivity (Wildman–Crippen MR) is 115 cm³/mol. The van der Waals surface area contributed by atoms with Crippen LogP contribution in [0.4, 0.5) is 0 Å². The van der Waals surface area contributed by atoms with Crippen LogP contribution in [-0.4, -0.2) is 35.7 Å². The number of ether oxygens (including phenoxy) is 2. The molecule has 1 aliphatic carbocycles. The minimum atomic E-state index is -0.449. The fourth-order valence-electron chi connectivity index (χ4n) is 4.06. The summed E-state index contributed by atoms with van der Waals surface area (Å²) >= 11 is 0. The molecule has 0 spiro atoms. The third-order valence-corrected chi connectivity index (χ3v) is 5.74. The van der Waals surface area contributed by atoms with Crippen LogP contribution < -0.4 is 26.0 Å². The van der Waals surface area contributed by atoms with E-state index in [9.17, 15) is 14.4 Å². The Labute approximate surface area is 175 Å². The van der Waals surface area contributed by atoms with E-state index < -0.39 is 5.69 Å². The molecule has 1 fully saturated rings. The van der Waals surface area contributed by atoms with Gasteiger partial charge in [0.1, 0.15) is 0 Å². The zero-order valence-corrected chi connectivity index (χ0v) is 17.8. The molecule has 2 aromatic rings. The van der Waals surface area contributed by atoms with Crippen LogP contribution in [0.15, 0.2) is 21.7 Å². The van der Waals surface area contributed by atoms with Gasteiger partial charge < -0.3 is 19.8 Å². The molecule has 1 aliphatic rings. The number of amides is 1. The molecule has 0 aliphatic heterocycles. The quantitative estimate of drug-likeness (QED) is 0.611. The number of nitrogens with zero attached hydrogens (tertiary/aromatic N) is 1. The van der Waals surface area contributed by atoms with Crippen molar-refractivity contribution in [3.63, 3.8) is 0 Å².